The van der Waals surface area contributed by atoms with E-state index in [4.69, 9.17) is 0 Å². The third kappa shape index (κ3) is 5.79. The number of aromatic nitrogens is 2. The molecule has 1 aliphatic rings. The molecule has 1 fully saturated rings. The zero-order chi connectivity index (χ0) is 19.9. The van der Waals surface area contributed by atoms with Gasteiger partial charge in [0, 0.05) is 42.8 Å². The second-order valence-electron chi connectivity index (χ2n) is 7.59. The second kappa shape index (κ2) is 10.0. The molecular formula is C22H31N4OS+. The Bertz CT molecular complexity index is 778. The number of quaternary nitrogens is 1. The first-order chi connectivity index (χ1) is 13.5. The topological polar surface area (TPSA) is 59.3 Å². The van der Waals surface area contributed by atoms with Crippen molar-refractivity contribution in [3.8, 4) is 0 Å². The van der Waals surface area contributed by atoms with Crippen LogP contribution in [0.25, 0.3) is 0 Å². The summed E-state index contributed by atoms with van der Waals surface area (Å²) in [7, 11) is 0. The van der Waals surface area contributed by atoms with Crippen LogP contribution in [0.2, 0.25) is 0 Å². The van der Waals surface area contributed by atoms with Crippen molar-refractivity contribution >= 4 is 17.7 Å². The van der Waals surface area contributed by atoms with Gasteiger partial charge in [0.25, 0.3) is 0 Å². The summed E-state index contributed by atoms with van der Waals surface area (Å²) >= 11 is 1.54. The number of carbonyl (C=O) groups is 1. The first-order valence-electron chi connectivity index (χ1n) is 10.1. The molecule has 1 aliphatic heterocycles. The van der Waals surface area contributed by atoms with E-state index in [2.05, 4.69) is 39.6 Å². The van der Waals surface area contributed by atoms with Gasteiger partial charge < -0.3 is 10.2 Å². The van der Waals surface area contributed by atoms with Crippen molar-refractivity contribution in [2.24, 2.45) is 0 Å². The molecular weight excluding hydrogens is 368 g/mol. The predicted molar refractivity (Wildman–Crippen MR) is 114 cm³/mol. The minimum Gasteiger partial charge on any atom is -0.352 e. The molecule has 1 amide bonds. The highest BCUT2D eigenvalue weighted by Crippen LogP contribution is 2.17. The van der Waals surface area contributed by atoms with Crippen molar-refractivity contribution in [3.63, 3.8) is 0 Å². The maximum Gasteiger partial charge on any atom is 0.220 e. The Hall–Kier alpha value is -1.92. The van der Waals surface area contributed by atoms with Crippen LogP contribution in [0.3, 0.4) is 0 Å². The molecule has 0 bridgehead atoms. The normalized spacial score (nSPS) is 14.4. The highest BCUT2D eigenvalue weighted by molar-refractivity contribution is 7.98. The van der Waals surface area contributed by atoms with Gasteiger partial charge in [-0.1, -0.05) is 36.0 Å². The third-order valence-electron chi connectivity index (χ3n) is 5.46. The van der Waals surface area contributed by atoms with Crippen LogP contribution in [0.4, 0.5) is 0 Å². The van der Waals surface area contributed by atoms with E-state index in [1.165, 1.54) is 31.5 Å². The number of nitrogens with zero attached hydrogens (tertiary/aromatic N) is 2. The fourth-order valence-electron chi connectivity index (χ4n) is 3.80. The molecule has 3 rings (SSSR count). The van der Waals surface area contributed by atoms with E-state index in [-0.39, 0.29) is 5.91 Å². The summed E-state index contributed by atoms with van der Waals surface area (Å²) < 4.78 is 0. The van der Waals surface area contributed by atoms with Crippen molar-refractivity contribution in [1.29, 1.82) is 0 Å². The Kier molecular flexibility index (Phi) is 7.45. The molecule has 0 aliphatic carbocycles. The number of aryl methyl sites for hydroxylation is 2. The minimum atomic E-state index is 0.0679. The highest BCUT2D eigenvalue weighted by Gasteiger charge is 2.15. The van der Waals surface area contributed by atoms with Crippen LogP contribution < -0.4 is 10.2 Å². The Labute approximate surface area is 172 Å². The number of hydrogen-bond acceptors (Lipinski definition) is 4. The lowest BCUT2D eigenvalue weighted by Gasteiger charge is -2.12. The van der Waals surface area contributed by atoms with E-state index in [1.54, 1.807) is 16.7 Å². The van der Waals surface area contributed by atoms with Crippen molar-refractivity contribution in [2.75, 3.05) is 19.3 Å². The molecule has 5 nitrogen and oxygen atoms in total. The average Bonchev–Trinajstić information content (AvgIpc) is 3.19. The summed E-state index contributed by atoms with van der Waals surface area (Å²) in [6.45, 7) is 8.27. The standard InChI is InChI=1S/C22H30N4OS/c1-16-20(17(2)25-22(24-16)28-3)10-11-21(27)23-14-18-6-8-19(9-7-18)15-26-12-4-5-13-26/h6-9H,4-5,10-15H2,1-3H3,(H,23,27)/p+1. The number of carbonyl (C=O) groups excluding carboxylic acids is 1. The van der Waals surface area contributed by atoms with Crippen LogP contribution in [0.1, 0.15) is 47.3 Å². The van der Waals surface area contributed by atoms with Gasteiger partial charge in [0.2, 0.25) is 5.91 Å². The lowest BCUT2D eigenvalue weighted by Crippen LogP contribution is -3.08. The molecule has 0 atom stereocenters. The first kappa shape index (κ1) is 20.8. The maximum atomic E-state index is 12.3. The van der Waals surface area contributed by atoms with Gasteiger partial charge in [-0.25, -0.2) is 9.97 Å². The lowest BCUT2D eigenvalue weighted by molar-refractivity contribution is -0.901. The van der Waals surface area contributed by atoms with Crippen molar-refractivity contribution in [3.05, 3.63) is 52.3 Å². The van der Waals surface area contributed by atoms with E-state index in [1.807, 2.05) is 20.1 Å². The number of nitrogens with one attached hydrogen (secondary N) is 2. The highest BCUT2D eigenvalue weighted by atomic mass is 32.2. The van der Waals surface area contributed by atoms with Gasteiger partial charge in [-0.2, -0.15) is 0 Å². The molecule has 2 heterocycles. The van der Waals surface area contributed by atoms with Gasteiger partial charge in [-0.3, -0.25) is 4.79 Å². The van der Waals surface area contributed by atoms with E-state index in [9.17, 15) is 4.79 Å². The fourth-order valence-corrected chi connectivity index (χ4v) is 4.26. The molecule has 0 saturated carbocycles. The zero-order valence-corrected chi connectivity index (χ0v) is 18.0. The van der Waals surface area contributed by atoms with Crippen LogP contribution in [-0.2, 0) is 24.3 Å². The van der Waals surface area contributed by atoms with Crippen molar-refractivity contribution < 1.29 is 9.69 Å². The molecule has 0 unspecified atom stereocenters. The van der Waals surface area contributed by atoms with Gasteiger partial charge in [0.15, 0.2) is 5.16 Å². The molecule has 2 N–H and O–H groups in total. The van der Waals surface area contributed by atoms with Crippen LogP contribution in [0.5, 0.6) is 0 Å². The lowest BCUT2D eigenvalue weighted by atomic mass is 10.1. The van der Waals surface area contributed by atoms with E-state index < -0.39 is 0 Å². The zero-order valence-electron chi connectivity index (χ0n) is 17.2. The first-order valence-corrected chi connectivity index (χ1v) is 11.3. The average molecular weight is 400 g/mol. The van der Waals surface area contributed by atoms with Crippen LogP contribution in [0, 0.1) is 13.8 Å². The minimum absolute atomic E-state index is 0.0679. The van der Waals surface area contributed by atoms with E-state index >= 15 is 0 Å². The van der Waals surface area contributed by atoms with Gasteiger partial charge in [-0.15, -0.1) is 0 Å². The number of thioether (sulfide) groups is 1. The SMILES string of the molecule is CSc1nc(C)c(CCC(=O)NCc2ccc(C[NH+]3CCCC3)cc2)c(C)n1. The summed E-state index contributed by atoms with van der Waals surface area (Å²) in [5, 5.41) is 3.82. The van der Waals surface area contributed by atoms with E-state index in [0.29, 0.717) is 19.4 Å². The molecule has 0 radical (unpaired) electrons. The number of benzene rings is 1. The summed E-state index contributed by atoms with van der Waals surface area (Å²) in [5.74, 6) is 0.0679. The quantitative estimate of drug-likeness (QED) is 0.528. The molecule has 0 spiro atoms. The monoisotopic (exact) mass is 399 g/mol. The van der Waals surface area contributed by atoms with E-state index in [0.717, 1.165) is 34.2 Å². The number of rotatable bonds is 8. The Morgan fingerprint density at radius 3 is 2.29 bits per heavy atom. The van der Waals surface area contributed by atoms with Gasteiger partial charge >= 0.3 is 0 Å². The van der Waals surface area contributed by atoms with Crippen LogP contribution >= 0.6 is 11.8 Å². The number of hydrogen-bond donors (Lipinski definition) is 2. The second-order valence-corrected chi connectivity index (χ2v) is 8.36. The third-order valence-corrected chi connectivity index (χ3v) is 6.01. The molecule has 2 aromatic rings. The predicted octanol–water partition coefficient (Wildman–Crippen LogP) is 2.24. The van der Waals surface area contributed by atoms with Gasteiger partial charge in [-0.05, 0) is 37.7 Å². The maximum absolute atomic E-state index is 12.3. The molecule has 150 valence electrons. The fraction of sp³-hybridized carbons (Fsp3) is 0.500. The van der Waals surface area contributed by atoms with Gasteiger partial charge in [0.1, 0.15) is 6.54 Å². The Morgan fingerprint density at radius 2 is 1.68 bits per heavy atom. The largest absolute Gasteiger partial charge is 0.352 e. The smallest absolute Gasteiger partial charge is 0.220 e. The summed E-state index contributed by atoms with van der Waals surface area (Å²) in [5.41, 5.74) is 5.56. The molecule has 1 saturated heterocycles. The Balaban J connectivity index is 1.45. The van der Waals surface area contributed by atoms with Crippen molar-refractivity contribution in [2.45, 2.75) is 57.8 Å². The summed E-state index contributed by atoms with van der Waals surface area (Å²) in [6, 6.07) is 8.66. The molecule has 1 aromatic heterocycles. The van der Waals surface area contributed by atoms with Crippen molar-refractivity contribution in [1.82, 2.24) is 15.3 Å². The molecule has 1 aromatic carbocycles. The summed E-state index contributed by atoms with van der Waals surface area (Å²) in [4.78, 5) is 22.9. The Morgan fingerprint density at radius 1 is 1.07 bits per heavy atom. The summed E-state index contributed by atoms with van der Waals surface area (Å²) in [6.07, 6.45) is 5.82. The number of amides is 1. The van der Waals surface area contributed by atoms with Gasteiger partial charge in [0.05, 0.1) is 13.1 Å². The van der Waals surface area contributed by atoms with Crippen LogP contribution in [0.15, 0.2) is 29.4 Å². The molecule has 28 heavy (non-hydrogen) atoms. The molecule has 6 heteroatoms. The van der Waals surface area contributed by atoms with Crippen LogP contribution in [-0.4, -0.2) is 35.2 Å². The number of likely N-dealkylation sites (tertiary alicyclic amines) is 1.